The molecule has 0 bridgehead atoms. The third-order valence-electron chi connectivity index (χ3n) is 2.66. The van der Waals surface area contributed by atoms with Gasteiger partial charge in [0.2, 0.25) is 0 Å². The van der Waals surface area contributed by atoms with Crippen molar-refractivity contribution in [2.75, 3.05) is 33.9 Å². The largest absolute Gasteiger partial charge is 0.383 e. The van der Waals surface area contributed by atoms with Crippen molar-refractivity contribution in [1.82, 2.24) is 10.2 Å². The van der Waals surface area contributed by atoms with E-state index in [0.717, 1.165) is 19.7 Å². The molecule has 0 radical (unpaired) electrons. The fourth-order valence-corrected chi connectivity index (χ4v) is 1.42. The Labute approximate surface area is 88.8 Å². The lowest BCUT2D eigenvalue weighted by Crippen LogP contribution is -2.44. The molecule has 3 nitrogen and oxygen atoms in total. The van der Waals surface area contributed by atoms with Gasteiger partial charge in [0.1, 0.15) is 0 Å². The molecule has 0 aliphatic rings. The summed E-state index contributed by atoms with van der Waals surface area (Å²) in [6.07, 6.45) is 1.20. The van der Waals surface area contributed by atoms with Crippen LogP contribution in [0.1, 0.15) is 27.2 Å². The Balaban J connectivity index is 3.68. The Morgan fingerprint density at radius 3 is 2.43 bits per heavy atom. The topological polar surface area (TPSA) is 24.5 Å². The monoisotopic (exact) mass is 202 g/mol. The van der Waals surface area contributed by atoms with Gasteiger partial charge >= 0.3 is 0 Å². The van der Waals surface area contributed by atoms with Crippen LogP contribution in [0.15, 0.2) is 0 Å². The number of nitrogens with zero attached hydrogens (tertiary/aromatic N) is 1. The zero-order chi connectivity index (χ0) is 11.0. The maximum Gasteiger partial charge on any atom is 0.0615 e. The van der Waals surface area contributed by atoms with Crippen LogP contribution in [0.2, 0.25) is 0 Å². The molecule has 0 fully saturated rings. The minimum Gasteiger partial charge on any atom is -0.383 e. The summed E-state index contributed by atoms with van der Waals surface area (Å²) in [6, 6.07) is 1.05. The first-order valence-corrected chi connectivity index (χ1v) is 5.55. The summed E-state index contributed by atoms with van der Waals surface area (Å²) in [5.41, 5.74) is 0. The Morgan fingerprint density at radius 1 is 1.29 bits per heavy atom. The molecule has 0 rings (SSSR count). The zero-order valence-corrected chi connectivity index (χ0v) is 10.3. The fourth-order valence-electron chi connectivity index (χ4n) is 1.42. The number of hydrogen-bond donors (Lipinski definition) is 1. The van der Waals surface area contributed by atoms with Gasteiger partial charge in [-0.3, -0.25) is 4.90 Å². The highest BCUT2D eigenvalue weighted by molar-refractivity contribution is 4.71. The molecule has 0 heterocycles. The van der Waals surface area contributed by atoms with Crippen LogP contribution in [0.5, 0.6) is 0 Å². The molecular formula is C11H26N2O. The normalized spacial score (nSPS) is 15.9. The number of likely N-dealkylation sites (N-methyl/N-ethyl adjacent to an activating group) is 1. The Kier molecular flexibility index (Phi) is 8.14. The summed E-state index contributed by atoms with van der Waals surface area (Å²) in [5, 5.41) is 3.43. The Hall–Kier alpha value is -0.120. The zero-order valence-electron chi connectivity index (χ0n) is 10.3. The predicted octanol–water partition coefficient (Wildman–Crippen LogP) is 1.34. The third-order valence-corrected chi connectivity index (χ3v) is 2.66. The van der Waals surface area contributed by atoms with Gasteiger partial charge in [-0.05, 0) is 33.9 Å². The van der Waals surface area contributed by atoms with Gasteiger partial charge in [-0.1, -0.05) is 6.92 Å². The lowest BCUT2D eigenvalue weighted by molar-refractivity contribution is 0.0936. The van der Waals surface area contributed by atoms with Crippen molar-refractivity contribution in [3.8, 4) is 0 Å². The smallest absolute Gasteiger partial charge is 0.0615 e. The summed E-state index contributed by atoms with van der Waals surface area (Å²) >= 11 is 0. The van der Waals surface area contributed by atoms with Crippen molar-refractivity contribution in [3.05, 3.63) is 0 Å². The number of nitrogens with one attached hydrogen (secondary N) is 1. The van der Waals surface area contributed by atoms with Crippen LogP contribution in [0.25, 0.3) is 0 Å². The lowest BCUT2D eigenvalue weighted by Gasteiger charge is -2.30. The van der Waals surface area contributed by atoms with Gasteiger partial charge in [0.25, 0.3) is 0 Å². The Bertz CT molecular complexity index is 130. The molecule has 0 aliphatic carbocycles. The first kappa shape index (κ1) is 13.9. The second-order valence-corrected chi connectivity index (χ2v) is 4.02. The molecule has 0 saturated heterocycles. The SMILES string of the molecule is CCCNCC(C)N(C)C(C)COC. The summed E-state index contributed by atoms with van der Waals surface area (Å²) in [4.78, 5) is 2.35. The highest BCUT2D eigenvalue weighted by Gasteiger charge is 2.14. The van der Waals surface area contributed by atoms with E-state index >= 15 is 0 Å². The van der Waals surface area contributed by atoms with E-state index in [1.807, 2.05) is 0 Å². The van der Waals surface area contributed by atoms with Gasteiger partial charge in [-0.15, -0.1) is 0 Å². The summed E-state index contributed by atoms with van der Waals surface area (Å²) in [7, 11) is 3.91. The molecule has 1 N–H and O–H groups in total. The molecule has 0 aromatic heterocycles. The first-order chi connectivity index (χ1) is 6.63. The second-order valence-electron chi connectivity index (χ2n) is 4.02. The highest BCUT2D eigenvalue weighted by Crippen LogP contribution is 2.01. The molecule has 86 valence electrons. The van der Waals surface area contributed by atoms with Crippen LogP contribution in [0, 0.1) is 0 Å². The van der Waals surface area contributed by atoms with Gasteiger partial charge in [0, 0.05) is 25.7 Å². The first-order valence-electron chi connectivity index (χ1n) is 5.55. The van der Waals surface area contributed by atoms with Crippen LogP contribution in [0.4, 0.5) is 0 Å². The maximum atomic E-state index is 5.14. The number of methoxy groups -OCH3 is 1. The van der Waals surface area contributed by atoms with Crippen LogP contribution in [0.3, 0.4) is 0 Å². The van der Waals surface area contributed by atoms with Crippen LogP contribution in [-0.4, -0.2) is 50.8 Å². The van der Waals surface area contributed by atoms with Gasteiger partial charge in [0.05, 0.1) is 6.61 Å². The van der Waals surface area contributed by atoms with Crippen molar-refractivity contribution in [2.24, 2.45) is 0 Å². The molecular weight excluding hydrogens is 176 g/mol. The number of rotatable bonds is 8. The standard InChI is InChI=1S/C11H26N2O/c1-6-7-12-8-10(2)13(4)11(3)9-14-5/h10-12H,6-9H2,1-5H3. The second kappa shape index (κ2) is 8.21. The Morgan fingerprint density at radius 2 is 1.93 bits per heavy atom. The van der Waals surface area contributed by atoms with E-state index in [0.29, 0.717) is 12.1 Å². The average molecular weight is 202 g/mol. The average Bonchev–Trinajstić information content (AvgIpc) is 2.17. The third kappa shape index (κ3) is 5.58. The number of ether oxygens (including phenoxy) is 1. The van der Waals surface area contributed by atoms with E-state index in [9.17, 15) is 0 Å². The fraction of sp³-hybridized carbons (Fsp3) is 1.00. The minimum atomic E-state index is 0.485. The van der Waals surface area contributed by atoms with Crippen molar-refractivity contribution in [1.29, 1.82) is 0 Å². The van der Waals surface area contributed by atoms with Crippen molar-refractivity contribution < 1.29 is 4.74 Å². The maximum absolute atomic E-state index is 5.14. The molecule has 2 atom stereocenters. The van der Waals surface area contributed by atoms with E-state index in [-0.39, 0.29) is 0 Å². The highest BCUT2D eigenvalue weighted by atomic mass is 16.5. The predicted molar refractivity (Wildman–Crippen MR) is 61.7 cm³/mol. The van der Waals surface area contributed by atoms with Gasteiger partial charge in [-0.2, -0.15) is 0 Å². The minimum absolute atomic E-state index is 0.485. The van der Waals surface area contributed by atoms with E-state index in [1.165, 1.54) is 6.42 Å². The summed E-state index contributed by atoms with van der Waals surface area (Å²) in [5.74, 6) is 0. The van der Waals surface area contributed by atoms with Crippen molar-refractivity contribution in [2.45, 2.75) is 39.3 Å². The molecule has 14 heavy (non-hydrogen) atoms. The molecule has 0 aromatic rings. The quantitative estimate of drug-likeness (QED) is 0.601. The van der Waals surface area contributed by atoms with E-state index in [2.05, 4.69) is 38.0 Å². The van der Waals surface area contributed by atoms with Gasteiger partial charge in [0.15, 0.2) is 0 Å². The summed E-state index contributed by atoms with van der Waals surface area (Å²) in [6.45, 7) is 9.59. The molecule has 0 spiro atoms. The van der Waals surface area contributed by atoms with Crippen molar-refractivity contribution >= 4 is 0 Å². The van der Waals surface area contributed by atoms with Crippen LogP contribution in [-0.2, 0) is 4.74 Å². The van der Waals surface area contributed by atoms with E-state index < -0.39 is 0 Å². The van der Waals surface area contributed by atoms with Gasteiger partial charge in [-0.25, -0.2) is 0 Å². The van der Waals surface area contributed by atoms with E-state index in [1.54, 1.807) is 7.11 Å². The molecule has 0 aliphatic heterocycles. The van der Waals surface area contributed by atoms with Crippen LogP contribution < -0.4 is 5.32 Å². The molecule has 0 amide bonds. The van der Waals surface area contributed by atoms with Crippen LogP contribution >= 0.6 is 0 Å². The number of hydrogen-bond acceptors (Lipinski definition) is 3. The van der Waals surface area contributed by atoms with E-state index in [4.69, 9.17) is 4.74 Å². The molecule has 0 saturated carbocycles. The van der Waals surface area contributed by atoms with Gasteiger partial charge < -0.3 is 10.1 Å². The molecule has 2 unspecified atom stereocenters. The molecule has 0 aromatic carbocycles. The molecule has 3 heteroatoms. The summed E-state index contributed by atoms with van der Waals surface area (Å²) < 4.78 is 5.14. The van der Waals surface area contributed by atoms with Crippen molar-refractivity contribution in [3.63, 3.8) is 0 Å². The lowest BCUT2D eigenvalue weighted by atomic mass is 10.2.